The first-order valence-electron chi connectivity index (χ1n) is 4.86. The third kappa shape index (κ3) is 3.90. The van der Waals surface area contributed by atoms with Crippen LogP contribution in [0.3, 0.4) is 0 Å². The lowest BCUT2D eigenvalue weighted by Crippen LogP contribution is -2.28. The van der Waals surface area contributed by atoms with E-state index in [2.05, 4.69) is 51.6 Å². The Morgan fingerprint density at radius 3 is 2.64 bits per heavy atom. The zero-order valence-corrected chi connectivity index (χ0v) is 10.6. The Morgan fingerprint density at radius 2 is 2.07 bits per heavy atom. The summed E-state index contributed by atoms with van der Waals surface area (Å²) in [6.45, 7) is 10.0. The van der Waals surface area contributed by atoms with Crippen molar-refractivity contribution in [3.8, 4) is 0 Å². The minimum absolute atomic E-state index is 0.0175. The van der Waals surface area contributed by atoms with Gasteiger partial charge in [0.25, 0.3) is 0 Å². The molecule has 0 radical (unpaired) electrons. The maximum atomic E-state index is 5.82. The van der Waals surface area contributed by atoms with Crippen molar-refractivity contribution >= 4 is 21.0 Å². The highest BCUT2D eigenvalue weighted by molar-refractivity contribution is 6.47. The quantitative estimate of drug-likeness (QED) is 0.686. The molecule has 0 atom stereocenters. The van der Waals surface area contributed by atoms with Gasteiger partial charge in [0.05, 0.1) is 0 Å². The fourth-order valence-corrected chi connectivity index (χ4v) is 2.26. The molecule has 0 fully saturated rings. The van der Waals surface area contributed by atoms with E-state index in [0.717, 1.165) is 0 Å². The Hall–Kier alpha value is -0.863. The highest BCUT2D eigenvalue weighted by atomic mass is 28.2. The van der Waals surface area contributed by atoms with Gasteiger partial charge < -0.3 is 4.43 Å². The second kappa shape index (κ2) is 4.58. The lowest BCUT2D eigenvalue weighted by atomic mass is 10.2. The van der Waals surface area contributed by atoms with Crippen molar-refractivity contribution in [2.45, 2.75) is 26.4 Å². The van der Waals surface area contributed by atoms with Gasteiger partial charge in [0.2, 0.25) is 0 Å². The fraction of sp³-hybridized carbons (Fsp3) is 0.333. The van der Waals surface area contributed by atoms with E-state index < -0.39 is 9.76 Å². The molecule has 0 unspecified atom stereocenters. The number of hydrogen-bond acceptors (Lipinski definition) is 1. The standard InChI is InChI=1S/C12H18OSi/c1-5-10-7-6-8-11(9-10)14-13-12(2,3)4/h5-9H,1,14H2,2-4H3. The molecule has 0 heterocycles. The molecule has 14 heavy (non-hydrogen) atoms. The van der Waals surface area contributed by atoms with E-state index in [-0.39, 0.29) is 5.60 Å². The molecule has 0 aliphatic heterocycles. The van der Waals surface area contributed by atoms with Gasteiger partial charge in [0, 0.05) is 5.60 Å². The summed E-state index contributed by atoms with van der Waals surface area (Å²) in [5.41, 5.74) is 1.16. The summed E-state index contributed by atoms with van der Waals surface area (Å²) in [6.07, 6.45) is 1.87. The van der Waals surface area contributed by atoms with Crippen molar-refractivity contribution < 1.29 is 4.43 Å². The smallest absolute Gasteiger partial charge is 0.192 e. The van der Waals surface area contributed by atoms with Gasteiger partial charge in [0.1, 0.15) is 0 Å². The average Bonchev–Trinajstić information content (AvgIpc) is 2.14. The highest BCUT2D eigenvalue weighted by Gasteiger charge is 2.09. The zero-order chi connectivity index (χ0) is 10.6. The molecule has 0 bridgehead atoms. The van der Waals surface area contributed by atoms with Gasteiger partial charge >= 0.3 is 0 Å². The second-order valence-electron chi connectivity index (χ2n) is 4.35. The van der Waals surface area contributed by atoms with Crippen LogP contribution in [0.2, 0.25) is 0 Å². The number of hydrogen-bond donors (Lipinski definition) is 0. The Morgan fingerprint density at radius 1 is 1.36 bits per heavy atom. The van der Waals surface area contributed by atoms with Crippen LogP contribution in [0.4, 0.5) is 0 Å². The molecule has 1 nitrogen and oxygen atoms in total. The maximum Gasteiger partial charge on any atom is 0.192 e. The topological polar surface area (TPSA) is 9.23 Å². The van der Waals surface area contributed by atoms with Crippen LogP contribution < -0.4 is 5.19 Å². The van der Waals surface area contributed by atoms with Crippen molar-refractivity contribution in [3.05, 3.63) is 36.4 Å². The summed E-state index contributed by atoms with van der Waals surface area (Å²) in [6, 6.07) is 8.41. The number of benzene rings is 1. The van der Waals surface area contributed by atoms with Crippen LogP contribution in [-0.4, -0.2) is 15.4 Å². The Balaban J connectivity index is 2.63. The van der Waals surface area contributed by atoms with Crippen molar-refractivity contribution in [1.29, 1.82) is 0 Å². The predicted molar refractivity (Wildman–Crippen MR) is 65.5 cm³/mol. The van der Waals surface area contributed by atoms with E-state index in [9.17, 15) is 0 Å². The zero-order valence-electron chi connectivity index (χ0n) is 9.21. The molecule has 1 aromatic carbocycles. The van der Waals surface area contributed by atoms with Crippen molar-refractivity contribution in [3.63, 3.8) is 0 Å². The van der Waals surface area contributed by atoms with E-state index >= 15 is 0 Å². The van der Waals surface area contributed by atoms with Gasteiger partial charge in [-0.25, -0.2) is 0 Å². The van der Waals surface area contributed by atoms with Crippen molar-refractivity contribution in [2.75, 3.05) is 0 Å². The van der Waals surface area contributed by atoms with Gasteiger partial charge in [-0.15, -0.1) is 0 Å². The number of rotatable bonds is 3. The molecule has 1 rings (SSSR count). The van der Waals surface area contributed by atoms with Crippen LogP contribution in [0.25, 0.3) is 6.08 Å². The molecule has 0 aliphatic carbocycles. The third-order valence-electron chi connectivity index (χ3n) is 1.86. The first-order valence-corrected chi connectivity index (χ1v) is 6.15. The minimum Gasteiger partial charge on any atom is -0.414 e. The van der Waals surface area contributed by atoms with Crippen LogP contribution in [-0.2, 0) is 4.43 Å². The summed E-state index contributed by atoms with van der Waals surface area (Å²) < 4.78 is 5.82. The minimum atomic E-state index is -0.594. The fourth-order valence-electron chi connectivity index (χ4n) is 1.11. The van der Waals surface area contributed by atoms with Crippen molar-refractivity contribution in [1.82, 2.24) is 0 Å². The molecule has 0 N–H and O–H groups in total. The maximum absolute atomic E-state index is 5.82. The van der Waals surface area contributed by atoms with Gasteiger partial charge in [0.15, 0.2) is 9.76 Å². The van der Waals surface area contributed by atoms with E-state index in [1.807, 2.05) is 6.08 Å². The molecule has 0 spiro atoms. The lowest BCUT2D eigenvalue weighted by molar-refractivity contribution is 0.142. The lowest BCUT2D eigenvalue weighted by Gasteiger charge is -2.20. The third-order valence-corrected chi connectivity index (χ3v) is 3.64. The molecule has 0 saturated heterocycles. The Kier molecular flexibility index (Phi) is 3.67. The van der Waals surface area contributed by atoms with Crippen LogP contribution in [0.1, 0.15) is 26.3 Å². The summed E-state index contributed by atoms with van der Waals surface area (Å²) in [4.78, 5) is 0. The summed E-state index contributed by atoms with van der Waals surface area (Å²) in [5, 5.41) is 1.33. The van der Waals surface area contributed by atoms with Crippen LogP contribution in [0.15, 0.2) is 30.8 Å². The predicted octanol–water partition coefficient (Wildman–Crippen LogP) is 1.85. The van der Waals surface area contributed by atoms with Gasteiger partial charge in [-0.2, -0.15) is 0 Å². The molecule has 0 amide bonds. The van der Waals surface area contributed by atoms with Crippen LogP contribution in [0, 0.1) is 0 Å². The van der Waals surface area contributed by atoms with Crippen LogP contribution >= 0.6 is 0 Å². The summed E-state index contributed by atoms with van der Waals surface area (Å²) >= 11 is 0. The summed E-state index contributed by atoms with van der Waals surface area (Å²) in [7, 11) is -0.594. The monoisotopic (exact) mass is 206 g/mol. The molecule has 76 valence electrons. The van der Waals surface area contributed by atoms with E-state index in [1.165, 1.54) is 10.8 Å². The van der Waals surface area contributed by atoms with E-state index in [4.69, 9.17) is 4.43 Å². The molecule has 2 heteroatoms. The molecular formula is C12H18OSi. The Labute approximate surface area is 88.7 Å². The molecule has 0 saturated carbocycles. The highest BCUT2D eigenvalue weighted by Crippen LogP contribution is 2.05. The summed E-state index contributed by atoms with van der Waals surface area (Å²) in [5.74, 6) is 0. The van der Waals surface area contributed by atoms with Gasteiger partial charge in [-0.05, 0) is 31.5 Å². The van der Waals surface area contributed by atoms with Crippen LogP contribution in [0.5, 0.6) is 0 Å². The molecule has 0 aromatic heterocycles. The first kappa shape index (κ1) is 11.2. The largest absolute Gasteiger partial charge is 0.414 e. The first-order chi connectivity index (χ1) is 6.51. The average molecular weight is 206 g/mol. The van der Waals surface area contributed by atoms with Crippen molar-refractivity contribution in [2.24, 2.45) is 0 Å². The van der Waals surface area contributed by atoms with Gasteiger partial charge in [-0.1, -0.05) is 36.9 Å². The Bertz CT molecular complexity index is 312. The molecule has 0 aliphatic rings. The second-order valence-corrected chi connectivity index (χ2v) is 5.74. The molecule has 1 aromatic rings. The molecular weight excluding hydrogens is 188 g/mol. The normalized spacial score (nSPS) is 12.2. The van der Waals surface area contributed by atoms with E-state index in [1.54, 1.807) is 0 Å². The van der Waals surface area contributed by atoms with E-state index in [0.29, 0.717) is 0 Å². The van der Waals surface area contributed by atoms with Gasteiger partial charge in [-0.3, -0.25) is 0 Å². The SMILES string of the molecule is C=Cc1cccc([SiH2]OC(C)(C)C)c1.